The van der Waals surface area contributed by atoms with Gasteiger partial charge in [-0.25, -0.2) is 0 Å². The third-order valence-corrected chi connectivity index (χ3v) is 4.00. The number of hydrogen-bond acceptors (Lipinski definition) is 3. The van der Waals surface area contributed by atoms with Crippen LogP contribution in [-0.4, -0.2) is 24.0 Å². The molecule has 0 aliphatic heterocycles. The SMILES string of the molecule is COc1cccc(C(=O)C[C@H]2CCC[C@@H](C(=O)O)C2)c1. The van der Waals surface area contributed by atoms with Crippen LogP contribution >= 0.6 is 0 Å². The van der Waals surface area contributed by atoms with Crippen molar-refractivity contribution in [2.75, 3.05) is 7.11 Å². The first-order valence-electron chi connectivity index (χ1n) is 7.00. The van der Waals surface area contributed by atoms with E-state index in [0.717, 1.165) is 19.3 Å². The number of carbonyl (C=O) groups is 2. The Morgan fingerprint density at radius 1 is 1.35 bits per heavy atom. The predicted octanol–water partition coefficient (Wildman–Crippen LogP) is 3.16. The van der Waals surface area contributed by atoms with Crippen molar-refractivity contribution in [2.45, 2.75) is 32.1 Å². The zero-order valence-corrected chi connectivity index (χ0v) is 11.7. The van der Waals surface area contributed by atoms with Crippen molar-refractivity contribution >= 4 is 11.8 Å². The van der Waals surface area contributed by atoms with E-state index in [9.17, 15) is 9.59 Å². The van der Waals surface area contributed by atoms with E-state index in [0.29, 0.717) is 24.2 Å². The van der Waals surface area contributed by atoms with Crippen LogP contribution in [0.2, 0.25) is 0 Å². The Balaban J connectivity index is 1.98. The molecule has 1 N–H and O–H groups in total. The molecule has 0 spiro atoms. The number of carboxylic acids is 1. The number of rotatable bonds is 5. The summed E-state index contributed by atoms with van der Waals surface area (Å²) < 4.78 is 5.11. The van der Waals surface area contributed by atoms with Crippen LogP contribution in [0, 0.1) is 11.8 Å². The molecule has 4 nitrogen and oxygen atoms in total. The van der Waals surface area contributed by atoms with Crippen molar-refractivity contribution in [3.8, 4) is 5.75 Å². The Kier molecular flexibility index (Phi) is 4.77. The van der Waals surface area contributed by atoms with Crippen LogP contribution in [0.5, 0.6) is 5.75 Å². The van der Waals surface area contributed by atoms with Crippen molar-refractivity contribution in [2.24, 2.45) is 11.8 Å². The summed E-state index contributed by atoms with van der Waals surface area (Å²) in [5.41, 5.74) is 0.641. The maximum Gasteiger partial charge on any atom is 0.306 e. The average Bonchev–Trinajstić information content (AvgIpc) is 2.47. The van der Waals surface area contributed by atoms with Crippen LogP contribution in [0.3, 0.4) is 0 Å². The number of carbonyl (C=O) groups excluding carboxylic acids is 1. The highest BCUT2D eigenvalue weighted by Gasteiger charge is 2.28. The van der Waals surface area contributed by atoms with Gasteiger partial charge in [-0.05, 0) is 37.3 Å². The van der Waals surface area contributed by atoms with Gasteiger partial charge in [0.25, 0.3) is 0 Å². The molecule has 0 radical (unpaired) electrons. The van der Waals surface area contributed by atoms with E-state index in [-0.39, 0.29) is 17.6 Å². The Morgan fingerprint density at radius 2 is 2.15 bits per heavy atom. The molecule has 0 amide bonds. The van der Waals surface area contributed by atoms with Gasteiger partial charge in [0.1, 0.15) is 5.75 Å². The van der Waals surface area contributed by atoms with Gasteiger partial charge in [-0.3, -0.25) is 9.59 Å². The average molecular weight is 276 g/mol. The molecule has 1 fully saturated rings. The molecule has 0 saturated heterocycles. The van der Waals surface area contributed by atoms with Crippen molar-refractivity contribution in [3.63, 3.8) is 0 Å². The van der Waals surface area contributed by atoms with Crippen LogP contribution < -0.4 is 4.74 Å². The largest absolute Gasteiger partial charge is 0.497 e. The maximum absolute atomic E-state index is 12.3. The van der Waals surface area contributed by atoms with Gasteiger partial charge in [0.15, 0.2) is 5.78 Å². The highest BCUT2D eigenvalue weighted by atomic mass is 16.5. The highest BCUT2D eigenvalue weighted by Crippen LogP contribution is 2.32. The second-order valence-electron chi connectivity index (χ2n) is 5.43. The fourth-order valence-corrected chi connectivity index (χ4v) is 2.88. The standard InChI is InChI=1S/C16H20O4/c1-20-14-7-3-5-12(10-14)15(17)9-11-4-2-6-13(8-11)16(18)19/h3,5,7,10-11,13H,2,4,6,8-9H2,1H3,(H,18,19)/t11-,13+/m0/s1. The molecule has 108 valence electrons. The van der Waals surface area contributed by atoms with Crippen LogP contribution in [0.15, 0.2) is 24.3 Å². The first-order valence-corrected chi connectivity index (χ1v) is 7.00. The van der Waals surface area contributed by atoms with Gasteiger partial charge in [-0.15, -0.1) is 0 Å². The minimum Gasteiger partial charge on any atom is -0.497 e. The van der Waals surface area contributed by atoms with Crippen LogP contribution in [0.1, 0.15) is 42.5 Å². The number of ether oxygens (including phenoxy) is 1. The normalized spacial score (nSPS) is 22.2. The molecule has 20 heavy (non-hydrogen) atoms. The molecular formula is C16H20O4. The van der Waals surface area contributed by atoms with Crippen molar-refractivity contribution < 1.29 is 19.4 Å². The first kappa shape index (κ1) is 14.6. The molecule has 1 aliphatic carbocycles. The van der Waals surface area contributed by atoms with Gasteiger partial charge in [0.05, 0.1) is 13.0 Å². The molecule has 0 heterocycles. The molecule has 0 aromatic heterocycles. The molecule has 1 aliphatic rings. The van der Waals surface area contributed by atoms with E-state index in [1.165, 1.54) is 0 Å². The second kappa shape index (κ2) is 6.55. The molecular weight excluding hydrogens is 256 g/mol. The molecule has 1 aromatic rings. The number of Topliss-reactive ketones (excluding diaryl/α,β-unsaturated/α-hetero) is 1. The molecule has 0 unspecified atom stereocenters. The van der Waals surface area contributed by atoms with Gasteiger partial charge >= 0.3 is 5.97 Å². The number of carboxylic acid groups (broad SMARTS) is 1. The minimum atomic E-state index is -0.733. The Labute approximate surface area is 118 Å². The molecule has 1 aromatic carbocycles. The summed E-state index contributed by atoms with van der Waals surface area (Å²) in [6.45, 7) is 0. The van der Waals surface area contributed by atoms with E-state index < -0.39 is 5.97 Å². The summed E-state index contributed by atoms with van der Waals surface area (Å²) in [5.74, 6) is -0.0956. The van der Waals surface area contributed by atoms with Crippen LogP contribution in [0.25, 0.3) is 0 Å². The lowest BCUT2D eigenvalue weighted by Gasteiger charge is -2.26. The van der Waals surface area contributed by atoms with Gasteiger partial charge < -0.3 is 9.84 Å². The zero-order valence-electron chi connectivity index (χ0n) is 11.7. The molecule has 2 rings (SSSR count). The van der Waals surface area contributed by atoms with Crippen molar-refractivity contribution in [1.29, 1.82) is 0 Å². The van der Waals surface area contributed by atoms with E-state index >= 15 is 0 Å². The number of benzene rings is 1. The summed E-state index contributed by atoms with van der Waals surface area (Å²) in [6.07, 6.45) is 3.62. The fourth-order valence-electron chi connectivity index (χ4n) is 2.88. The molecule has 0 bridgehead atoms. The van der Waals surface area contributed by atoms with Crippen molar-refractivity contribution in [3.05, 3.63) is 29.8 Å². The summed E-state index contributed by atoms with van der Waals surface area (Å²) in [5, 5.41) is 9.07. The fraction of sp³-hybridized carbons (Fsp3) is 0.500. The van der Waals surface area contributed by atoms with Gasteiger partial charge in [-0.1, -0.05) is 18.6 Å². The summed E-state index contributed by atoms with van der Waals surface area (Å²) in [7, 11) is 1.57. The van der Waals surface area contributed by atoms with Crippen LogP contribution in [0.4, 0.5) is 0 Å². The third kappa shape index (κ3) is 3.59. The number of hydrogen-bond donors (Lipinski definition) is 1. The van der Waals surface area contributed by atoms with Gasteiger partial charge in [0.2, 0.25) is 0 Å². The monoisotopic (exact) mass is 276 g/mol. The molecule has 2 atom stereocenters. The topological polar surface area (TPSA) is 63.6 Å². The van der Waals surface area contributed by atoms with E-state index in [1.54, 1.807) is 31.4 Å². The smallest absolute Gasteiger partial charge is 0.306 e. The summed E-state index contributed by atoms with van der Waals surface area (Å²) in [4.78, 5) is 23.3. The highest BCUT2D eigenvalue weighted by molar-refractivity contribution is 5.96. The van der Waals surface area contributed by atoms with Crippen molar-refractivity contribution in [1.82, 2.24) is 0 Å². The third-order valence-electron chi connectivity index (χ3n) is 4.00. The van der Waals surface area contributed by atoms with E-state index in [2.05, 4.69) is 0 Å². The first-order chi connectivity index (χ1) is 9.60. The predicted molar refractivity (Wildman–Crippen MR) is 75.0 cm³/mol. The lowest BCUT2D eigenvalue weighted by Crippen LogP contribution is -2.24. The zero-order chi connectivity index (χ0) is 14.5. The lowest BCUT2D eigenvalue weighted by molar-refractivity contribution is -0.143. The Hall–Kier alpha value is -1.84. The van der Waals surface area contributed by atoms with Gasteiger partial charge in [-0.2, -0.15) is 0 Å². The van der Waals surface area contributed by atoms with E-state index in [1.807, 2.05) is 0 Å². The van der Waals surface area contributed by atoms with E-state index in [4.69, 9.17) is 9.84 Å². The second-order valence-corrected chi connectivity index (χ2v) is 5.43. The number of methoxy groups -OCH3 is 1. The minimum absolute atomic E-state index is 0.0694. The quantitative estimate of drug-likeness (QED) is 0.839. The number of aliphatic carboxylic acids is 1. The molecule has 1 saturated carbocycles. The lowest BCUT2D eigenvalue weighted by atomic mass is 9.78. The Morgan fingerprint density at radius 3 is 2.85 bits per heavy atom. The number of ketones is 1. The summed E-state index contributed by atoms with van der Waals surface area (Å²) >= 11 is 0. The molecule has 4 heteroatoms. The summed E-state index contributed by atoms with van der Waals surface area (Å²) in [6, 6.07) is 7.12. The van der Waals surface area contributed by atoms with Crippen LogP contribution in [-0.2, 0) is 4.79 Å². The van der Waals surface area contributed by atoms with Gasteiger partial charge in [0, 0.05) is 12.0 Å². The maximum atomic E-state index is 12.3. The Bertz CT molecular complexity index is 495.